The number of fused-ring (bicyclic) bond motifs is 1. The van der Waals surface area contributed by atoms with Gasteiger partial charge in [-0.25, -0.2) is 4.57 Å². The summed E-state index contributed by atoms with van der Waals surface area (Å²) in [6, 6.07) is 12.2. The second-order valence-electron chi connectivity index (χ2n) is 12.9. The van der Waals surface area contributed by atoms with Crippen LogP contribution in [0.25, 0.3) is 22.0 Å². The Bertz CT molecular complexity index is 1320. The predicted molar refractivity (Wildman–Crippen MR) is 159 cm³/mol. The van der Waals surface area contributed by atoms with E-state index >= 15 is 0 Å². The molecule has 0 aliphatic heterocycles. The molecule has 0 amide bonds. The van der Waals surface area contributed by atoms with Gasteiger partial charge >= 0.3 is 0 Å². The molecule has 2 fully saturated rings. The van der Waals surface area contributed by atoms with E-state index in [1.165, 1.54) is 86.5 Å². The van der Waals surface area contributed by atoms with Crippen LogP contribution in [0.5, 0.6) is 0 Å². The standard InChI is InChI=1S/C36H50N/c1-24(2)35(25(3)4)30-17-18-32-29(21-30)19-20-37(6)36(32)34-23-31(27-13-9-7-10-14-27)22-33(26(34)5)28-15-11-8-12-16-28/h17-25,27-28,35H,7-16H2,1-6H3/q+1/i19D,20D. The number of hydrogen-bond donors (Lipinski definition) is 0. The molecule has 0 unspecified atom stereocenters. The minimum atomic E-state index is 0.307. The average Bonchev–Trinajstić information content (AvgIpc) is 2.93. The molecule has 2 aliphatic carbocycles. The van der Waals surface area contributed by atoms with Crippen LogP contribution in [0.3, 0.4) is 0 Å². The highest BCUT2D eigenvalue weighted by molar-refractivity contribution is 5.94. The van der Waals surface area contributed by atoms with Gasteiger partial charge in [0.05, 0.1) is 12.3 Å². The molecule has 5 rings (SSSR count). The lowest BCUT2D eigenvalue weighted by Gasteiger charge is -2.28. The molecule has 1 nitrogen and oxygen atoms in total. The van der Waals surface area contributed by atoms with Gasteiger partial charge in [0.1, 0.15) is 8.42 Å². The summed E-state index contributed by atoms with van der Waals surface area (Å²) in [5, 5.41) is 2.05. The van der Waals surface area contributed by atoms with Gasteiger partial charge in [-0.15, -0.1) is 0 Å². The van der Waals surface area contributed by atoms with Crippen LogP contribution in [0.15, 0.2) is 42.5 Å². The molecule has 0 N–H and O–H groups in total. The lowest BCUT2D eigenvalue weighted by molar-refractivity contribution is -0.659. The van der Waals surface area contributed by atoms with Crippen molar-refractivity contribution in [2.24, 2.45) is 18.9 Å². The number of hydrogen-bond acceptors (Lipinski definition) is 0. The van der Waals surface area contributed by atoms with Crippen molar-refractivity contribution in [2.45, 2.75) is 117 Å². The molecular weight excluding hydrogens is 446 g/mol. The van der Waals surface area contributed by atoms with Gasteiger partial charge in [-0.1, -0.05) is 84.4 Å². The van der Waals surface area contributed by atoms with Crippen molar-refractivity contribution >= 4 is 10.8 Å². The molecule has 1 heterocycles. The SMILES string of the molecule is [2H]c1c([2H])[n+](C)c(-c2cc(C3CCCCC3)cc(C3CCCCC3)c2C)c2ccc(C(C(C)C)C(C)C)cc12. The Hall–Kier alpha value is -2.15. The Balaban J connectivity index is 1.75. The summed E-state index contributed by atoms with van der Waals surface area (Å²) in [6.45, 7) is 11.5. The van der Waals surface area contributed by atoms with Crippen molar-refractivity contribution in [1.29, 1.82) is 0 Å². The molecule has 2 saturated carbocycles. The van der Waals surface area contributed by atoms with Gasteiger partial charge in [0, 0.05) is 6.04 Å². The quantitative estimate of drug-likeness (QED) is 0.298. The first kappa shape index (κ1) is 23.9. The zero-order valence-corrected chi connectivity index (χ0v) is 24.3. The minimum Gasteiger partial charge on any atom is -0.200 e. The van der Waals surface area contributed by atoms with E-state index in [4.69, 9.17) is 2.74 Å². The fourth-order valence-corrected chi connectivity index (χ4v) is 7.84. The molecule has 3 aromatic rings. The lowest BCUT2D eigenvalue weighted by atomic mass is 9.76. The Morgan fingerprint density at radius 2 is 1.43 bits per heavy atom. The molecule has 1 aromatic heterocycles. The Morgan fingerprint density at radius 1 is 0.811 bits per heavy atom. The molecule has 198 valence electrons. The monoisotopic (exact) mass is 498 g/mol. The second-order valence-corrected chi connectivity index (χ2v) is 12.9. The highest BCUT2D eigenvalue weighted by Gasteiger charge is 2.27. The molecule has 2 aromatic carbocycles. The van der Waals surface area contributed by atoms with E-state index in [1.54, 1.807) is 5.56 Å². The molecule has 37 heavy (non-hydrogen) atoms. The van der Waals surface area contributed by atoms with Crippen LogP contribution in [0.1, 0.15) is 135 Å². The number of benzene rings is 2. The van der Waals surface area contributed by atoms with Crippen LogP contribution < -0.4 is 4.57 Å². The average molecular weight is 499 g/mol. The van der Waals surface area contributed by atoms with Gasteiger partial charge in [0.25, 0.3) is 0 Å². The van der Waals surface area contributed by atoms with E-state index in [0.717, 1.165) is 16.5 Å². The zero-order valence-electron chi connectivity index (χ0n) is 26.3. The molecule has 2 aliphatic rings. The van der Waals surface area contributed by atoms with Crippen molar-refractivity contribution in [3.05, 3.63) is 64.8 Å². The van der Waals surface area contributed by atoms with Gasteiger partial charge in [0.2, 0.25) is 5.69 Å². The molecule has 0 radical (unpaired) electrons. The molecule has 0 saturated heterocycles. The van der Waals surface area contributed by atoms with Crippen molar-refractivity contribution in [2.75, 3.05) is 0 Å². The summed E-state index contributed by atoms with van der Waals surface area (Å²) in [5.41, 5.74) is 8.17. The maximum Gasteiger partial charge on any atom is 0.220 e. The minimum absolute atomic E-state index is 0.307. The van der Waals surface area contributed by atoms with Crippen LogP contribution >= 0.6 is 0 Å². The predicted octanol–water partition coefficient (Wildman–Crippen LogP) is 10.1. The number of nitrogens with zero attached hydrogens (tertiary/aromatic N) is 1. The lowest BCUT2D eigenvalue weighted by Crippen LogP contribution is -2.31. The summed E-state index contributed by atoms with van der Waals surface area (Å²) < 4.78 is 20.0. The Labute approximate surface area is 229 Å². The van der Waals surface area contributed by atoms with E-state index in [2.05, 4.69) is 65.0 Å². The third-order valence-electron chi connectivity index (χ3n) is 9.66. The zero-order chi connectivity index (χ0) is 27.8. The fourth-order valence-electron chi connectivity index (χ4n) is 7.84. The second kappa shape index (κ2) is 11.3. The molecule has 0 bridgehead atoms. The molecule has 0 spiro atoms. The maximum atomic E-state index is 9.01. The topological polar surface area (TPSA) is 3.88 Å². The number of pyridine rings is 1. The first-order chi connectivity index (χ1) is 18.7. The van der Waals surface area contributed by atoms with E-state index in [1.807, 2.05) is 11.6 Å². The van der Waals surface area contributed by atoms with Gasteiger partial charge in [0.15, 0.2) is 6.17 Å². The number of rotatable bonds is 6. The Kier molecular flexibility index (Phi) is 7.31. The first-order valence-corrected chi connectivity index (χ1v) is 15.3. The summed E-state index contributed by atoms with van der Waals surface area (Å²) in [6.07, 6.45) is 13.6. The highest BCUT2D eigenvalue weighted by Crippen LogP contribution is 2.43. The van der Waals surface area contributed by atoms with E-state index in [-0.39, 0.29) is 0 Å². The third-order valence-corrected chi connectivity index (χ3v) is 9.66. The van der Waals surface area contributed by atoms with E-state index < -0.39 is 0 Å². The fraction of sp³-hybridized carbons (Fsp3) is 0.583. The summed E-state index contributed by atoms with van der Waals surface area (Å²) >= 11 is 0. The van der Waals surface area contributed by atoms with Crippen molar-refractivity contribution in [3.8, 4) is 11.3 Å². The van der Waals surface area contributed by atoms with Gasteiger partial charge < -0.3 is 0 Å². The third kappa shape index (κ3) is 5.39. The largest absolute Gasteiger partial charge is 0.220 e. The molecular formula is C36H50N+. The first-order valence-electron chi connectivity index (χ1n) is 16.3. The van der Waals surface area contributed by atoms with Crippen LogP contribution in [0, 0.1) is 18.8 Å². The summed E-state index contributed by atoms with van der Waals surface area (Å²) in [5.74, 6) is 2.78. The van der Waals surface area contributed by atoms with Crippen molar-refractivity contribution in [1.82, 2.24) is 0 Å². The van der Waals surface area contributed by atoms with Gasteiger partial charge in [-0.3, -0.25) is 0 Å². The maximum absolute atomic E-state index is 9.01. The van der Waals surface area contributed by atoms with Crippen LogP contribution in [0.4, 0.5) is 0 Å². The summed E-state index contributed by atoms with van der Waals surface area (Å²) in [7, 11) is 2.00. The van der Waals surface area contributed by atoms with Crippen molar-refractivity contribution in [3.63, 3.8) is 0 Å². The molecule has 0 atom stereocenters. The molecule has 1 heteroatoms. The van der Waals surface area contributed by atoms with Crippen LogP contribution in [-0.4, -0.2) is 0 Å². The number of aromatic nitrogens is 1. The normalized spacial score (nSPS) is 18.7. The van der Waals surface area contributed by atoms with Crippen LogP contribution in [0.2, 0.25) is 0 Å². The van der Waals surface area contributed by atoms with Gasteiger partial charge in [-0.2, -0.15) is 0 Å². The highest BCUT2D eigenvalue weighted by atomic mass is 14.9. The van der Waals surface area contributed by atoms with Crippen molar-refractivity contribution < 1.29 is 7.31 Å². The van der Waals surface area contributed by atoms with Crippen LogP contribution in [-0.2, 0) is 7.05 Å². The van der Waals surface area contributed by atoms with E-state index in [0.29, 0.717) is 41.8 Å². The van der Waals surface area contributed by atoms with E-state index in [9.17, 15) is 0 Å². The Morgan fingerprint density at radius 3 is 2.05 bits per heavy atom. The van der Waals surface area contributed by atoms with Gasteiger partial charge in [-0.05, 0) is 102 Å². The smallest absolute Gasteiger partial charge is 0.200 e. The summed E-state index contributed by atoms with van der Waals surface area (Å²) in [4.78, 5) is 0.